The number of carbonyl (C=O) groups is 4. The van der Waals surface area contributed by atoms with E-state index in [1.54, 1.807) is 7.05 Å². The molecule has 5 aliphatic rings. The van der Waals surface area contributed by atoms with Crippen molar-refractivity contribution in [1.82, 2.24) is 30.2 Å². The molecule has 5 heterocycles. The number of nitrogens with zero attached hydrogens (tertiary/aromatic N) is 5. The minimum Gasteiger partial charge on any atom is -0.488 e. The highest BCUT2D eigenvalue weighted by Crippen LogP contribution is 2.57. The molecule has 4 fully saturated rings. The smallest absolute Gasteiger partial charge is 0.329 e. The van der Waals surface area contributed by atoms with Gasteiger partial charge in [0.2, 0.25) is 17.7 Å². The zero-order valence-electron chi connectivity index (χ0n) is 42.1. The first-order valence-electron chi connectivity index (χ1n) is 25.8. The largest absolute Gasteiger partial charge is 0.488 e. The van der Waals surface area contributed by atoms with Crippen molar-refractivity contribution in [2.45, 2.75) is 101 Å². The van der Waals surface area contributed by atoms with E-state index in [9.17, 15) is 24.3 Å². The normalized spacial score (nSPS) is 24.4. The molecule has 4 aliphatic heterocycles. The van der Waals surface area contributed by atoms with Crippen molar-refractivity contribution in [1.29, 1.82) is 0 Å². The predicted octanol–water partition coefficient (Wildman–Crippen LogP) is 8.17. The Morgan fingerprint density at radius 1 is 0.947 bits per heavy atom. The highest BCUT2D eigenvalue weighted by Gasteiger charge is 2.51. The van der Waals surface area contributed by atoms with Crippen LogP contribution in [-0.2, 0) is 22.2 Å². The third-order valence-electron chi connectivity index (χ3n) is 16.5. The lowest BCUT2D eigenvalue weighted by Crippen LogP contribution is -2.55. The number of aliphatic hydroxyl groups is 1. The standard InChI is InChI=1S/C55H61ClF4N8O7/c1-30-42-40(27-38(58)46(56)45(42)44-35(50(61)71)14-15-39(47(44)59)74-25-24-69)75-55(30,33-8-5-4-6-9-33)28-62-34-12-10-32(11-13-34)52(72)68-20-7-19-54(68,2)29-66-21-16-31(17-22-66)43-37(57)26-36-49(48(43)60)65(3)64-51(36)67-23-18-41(70)63-53(67)73/h4-6,8-9,14-15,26-27,30-32,34,62,69H,7,10-13,16-25,28-29H2,1-3H3,(H2,61,71)(H,63,70,73)/t30-,32?,34?,54+,55-/m0/s1. The molecule has 20 heteroatoms. The van der Waals surface area contributed by atoms with E-state index in [1.807, 2.05) is 37.3 Å². The third-order valence-corrected chi connectivity index (χ3v) is 16.9. The van der Waals surface area contributed by atoms with Crippen LogP contribution >= 0.6 is 11.6 Å². The highest BCUT2D eigenvalue weighted by molar-refractivity contribution is 6.34. The van der Waals surface area contributed by atoms with Crippen LogP contribution in [0.5, 0.6) is 11.5 Å². The number of primary amides is 1. The van der Waals surface area contributed by atoms with Crippen molar-refractivity contribution >= 4 is 52.1 Å². The molecule has 3 atom stereocenters. The average molecular weight is 1060 g/mol. The van der Waals surface area contributed by atoms with E-state index in [1.165, 1.54) is 33.8 Å². The molecule has 10 rings (SSSR count). The highest BCUT2D eigenvalue weighted by atomic mass is 35.5. The Labute approximate surface area is 436 Å². The summed E-state index contributed by atoms with van der Waals surface area (Å²) in [5, 5.41) is 19.5. The van der Waals surface area contributed by atoms with E-state index in [0.29, 0.717) is 70.3 Å². The molecular weight excluding hydrogens is 996 g/mol. The molecule has 0 spiro atoms. The van der Waals surface area contributed by atoms with Crippen molar-refractivity contribution in [3.05, 3.63) is 105 Å². The average Bonchev–Trinajstić information content (AvgIpc) is 4.03. The number of ether oxygens (including phenoxy) is 2. The Morgan fingerprint density at radius 3 is 2.37 bits per heavy atom. The monoisotopic (exact) mass is 1060 g/mol. The van der Waals surface area contributed by atoms with Gasteiger partial charge >= 0.3 is 6.03 Å². The maximum Gasteiger partial charge on any atom is 0.329 e. The van der Waals surface area contributed by atoms with Crippen LogP contribution in [0.4, 0.5) is 28.2 Å². The Kier molecular flexibility index (Phi) is 14.4. The summed E-state index contributed by atoms with van der Waals surface area (Å²) in [4.78, 5) is 57.3. The number of nitrogens with one attached hydrogen (secondary N) is 2. The maximum absolute atomic E-state index is 16.5. The predicted molar refractivity (Wildman–Crippen MR) is 273 cm³/mol. The number of likely N-dealkylation sites (tertiary alicyclic amines) is 2. The van der Waals surface area contributed by atoms with E-state index < -0.39 is 69.8 Å². The third kappa shape index (κ3) is 9.37. The Balaban J connectivity index is 0.797. The van der Waals surface area contributed by atoms with Crippen LogP contribution in [-0.4, -0.2) is 113 Å². The van der Waals surface area contributed by atoms with E-state index >= 15 is 17.6 Å². The van der Waals surface area contributed by atoms with Gasteiger partial charge in [0.05, 0.1) is 28.1 Å². The van der Waals surface area contributed by atoms with Gasteiger partial charge in [-0.3, -0.25) is 29.3 Å². The summed E-state index contributed by atoms with van der Waals surface area (Å²) in [6.07, 6.45) is 5.49. The minimum absolute atomic E-state index is 0.00194. The molecule has 398 valence electrons. The van der Waals surface area contributed by atoms with Gasteiger partial charge in [0, 0.05) is 85.8 Å². The second-order valence-electron chi connectivity index (χ2n) is 21.0. The van der Waals surface area contributed by atoms with E-state index in [0.717, 1.165) is 18.4 Å². The number of aliphatic hydroxyl groups excluding tert-OH is 1. The number of benzene rings is 4. The molecule has 1 aromatic heterocycles. The first kappa shape index (κ1) is 52.2. The molecule has 0 unspecified atom stereocenters. The van der Waals surface area contributed by atoms with Gasteiger partial charge in [-0.2, -0.15) is 5.10 Å². The lowest BCUT2D eigenvalue weighted by atomic mass is 9.77. The number of anilines is 1. The van der Waals surface area contributed by atoms with Crippen LogP contribution in [0.25, 0.3) is 22.0 Å². The second-order valence-corrected chi connectivity index (χ2v) is 21.4. The number of halogens is 5. The molecule has 5 aromatic rings. The Bertz CT molecular complexity index is 3070. The molecule has 5 N–H and O–H groups in total. The lowest BCUT2D eigenvalue weighted by molar-refractivity contribution is -0.141. The maximum atomic E-state index is 16.5. The van der Waals surface area contributed by atoms with Gasteiger partial charge in [0.1, 0.15) is 29.5 Å². The number of aryl methyl sites for hydroxylation is 1. The van der Waals surface area contributed by atoms with E-state index in [4.69, 9.17) is 26.8 Å². The van der Waals surface area contributed by atoms with Gasteiger partial charge in [-0.1, -0.05) is 48.9 Å². The van der Waals surface area contributed by atoms with Crippen LogP contribution in [0.2, 0.25) is 5.02 Å². The van der Waals surface area contributed by atoms with Crippen molar-refractivity contribution in [2.24, 2.45) is 18.7 Å². The molecule has 5 amide bonds. The number of urea groups is 1. The number of piperidine rings is 1. The van der Waals surface area contributed by atoms with Gasteiger partial charge in [-0.25, -0.2) is 22.4 Å². The number of hydrogen-bond donors (Lipinski definition) is 4. The summed E-state index contributed by atoms with van der Waals surface area (Å²) >= 11 is 6.73. The van der Waals surface area contributed by atoms with Gasteiger partial charge in [0.15, 0.2) is 28.8 Å². The van der Waals surface area contributed by atoms with Crippen molar-refractivity contribution < 1.29 is 51.3 Å². The van der Waals surface area contributed by atoms with Crippen LogP contribution in [0.3, 0.4) is 0 Å². The van der Waals surface area contributed by atoms with E-state index in [2.05, 4.69) is 32.5 Å². The summed E-state index contributed by atoms with van der Waals surface area (Å²) in [5.41, 5.74) is 4.79. The molecule has 0 bridgehead atoms. The molecular formula is C55H61ClF4N8O7. The fourth-order valence-corrected chi connectivity index (χ4v) is 12.9. The van der Waals surface area contributed by atoms with Gasteiger partial charge < -0.3 is 35.4 Å². The number of imide groups is 1. The van der Waals surface area contributed by atoms with Crippen LogP contribution in [0.1, 0.15) is 111 Å². The molecule has 75 heavy (non-hydrogen) atoms. The summed E-state index contributed by atoms with van der Waals surface area (Å²) in [5.74, 6) is -5.76. The molecule has 1 aliphatic carbocycles. The number of nitrogens with two attached hydrogens (primary N) is 1. The van der Waals surface area contributed by atoms with Crippen molar-refractivity contribution in [3.8, 4) is 22.6 Å². The molecule has 1 saturated carbocycles. The number of hydrogen-bond acceptors (Lipinski definition) is 10. The zero-order valence-corrected chi connectivity index (χ0v) is 42.9. The fourth-order valence-electron chi connectivity index (χ4n) is 12.7. The number of rotatable bonds is 14. The van der Waals surface area contributed by atoms with Crippen LogP contribution < -0.4 is 30.7 Å². The number of amides is 5. The molecule has 15 nitrogen and oxygen atoms in total. The first-order valence-corrected chi connectivity index (χ1v) is 26.2. The number of aromatic nitrogens is 2. The lowest BCUT2D eigenvalue weighted by Gasteiger charge is -2.43. The van der Waals surface area contributed by atoms with Crippen LogP contribution in [0.15, 0.2) is 54.6 Å². The zero-order chi connectivity index (χ0) is 53.1. The summed E-state index contributed by atoms with van der Waals surface area (Å²) in [6.45, 7) is 6.16. The Hall–Kier alpha value is -6.28. The summed E-state index contributed by atoms with van der Waals surface area (Å²) in [6, 6.07) is 13.7. The number of carbonyl (C=O) groups excluding carboxylic acids is 4. The van der Waals surface area contributed by atoms with Gasteiger partial charge in [-0.05, 0) is 101 Å². The molecule has 4 aromatic carbocycles. The molecule has 0 radical (unpaired) electrons. The Morgan fingerprint density at radius 2 is 1.68 bits per heavy atom. The van der Waals surface area contributed by atoms with Gasteiger partial charge in [-0.15, -0.1) is 0 Å². The first-order chi connectivity index (χ1) is 35.9. The summed E-state index contributed by atoms with van der Waals surface area (Å²) < 4.78 is 78.4. The van der Waals surface area contributed by atoms with Crippen molar-refractivity contribution in [2.75, 3.05) is 57.4 Å². The topological polar surface area (TPSA) is 185 Å². The quantitative estimate of drug-likeness (QED) is 0.0792. The molecule has 3 saturated heterocycles. The minimum atomic E-state index is -1.15. The second kappa shape index (κ2) is 20.7. The number of fused-ring (bicyclic) bond motifs is 2. The SMILES string of the molecule is C[C@H]1c2c(cc(F)c(Cl)c2-c2c(C(N)=O)ccc(OCCO)c2F)O[C@]1(CNC1CCC(C(=O)N2CCC[C@]2(C)CN2CCC(c3c(F)cc4c(N5CCC(=O)NC5=O)nn(C)c4c3F)CC2)CC1)c1ccccc1. The van der Waals surface area contributed by atoms with Gasteiger partial charge in [0.25, 0.3) is 0 Å². The van der Waals surface area contributed by atoms with E-state index in [-0.39, 0.29) is 100 Å². The van der Waals surface area contributed by atoms with Crippen molar-refractivity contribution in [3.63, 3.8) is 0 Å². The fraction of sp³-hybridized carbons (Fsp3) is 0.473. The van der Waals surface area contributed by atoms with Crippen LogP contribution in [0, 0.1) is 29.2 Å². The summed E-state index contributed by atoms with van der Waals surface area (Å²) in [7, 11) is 1.55.